The summed E-state index contributed by atoms with van der Waals surface area (Å²) in [5.74, 6) is 0.893. The van der Waals surface area contributed by atoms with Crippen molar-refractivity contribution in [1.82, 2.24) is 9.55 Å². The third-order valence-electron chi connectivity index (χ3n) is 2.81. The quantitative estimate of drug-likeness (QED) is 0.739. The van der Waals surface area contributed by atoms with E-state index in [9.17, 15) is 0 Å². The Morgan fingerprint density at radius 3 is 2.84 bits per heavy atom. The molecular weight excluding hydrogens is 370 g/mol. The summed E-state index contributed by atoms with van der Waals surface area (Å²) in [6.07, 6.45) is 4.36. The molecule has 1 heterocycles. The fourth-order valence-electron chi connectivity index (χ4n) is 1.85. The lowest BCUT2D eigenvalue weighted by Gasteiger charge is -2.11. The van der Waals surface area contributed by atoms with Crippen molar-refractivity contribution in [1.29, 1.82) is 0 Å². The fourth-order valence-corrected chi connectivity index (χ4v) is 2.64. The first-order valence-corrected chi connectivity index (χ1v) is 7.95. The molecule has 0 saturated heterocycles. The zero-order valence-electron chi connectivity index (χ0n) is 11.1. The second-order valence-corrected chi connectivity index (χ2v) is 6.22. The number of halogens is 2. The summed E-state index contributed by atoms with van der Waals surface area (Å²) >= 11 is 7.11. The minimum atomic E-state index is 0.893. The smallest absolute Gasteiger partial charge is 0.207 e. The van der Waals surface area contributed by atoms with Gasteiger partial charge in [-0.05, 0) is 47.5 Å². The van der Waals surface area contributed by atoms with Gasteiger partial charge in [0.1, 0.15) is 0 Å². The minimum absolute atomic E-state index is 0.893. The molecule has 0 atom stereocenters. The highest BCUT2D eigenvalue weighted by molar-refractivity contribution is 9.11. The Hall–Kier alpha value is -0.810. The van der Waals surface area contributed by atoms with Gasteiger partial charge in [-0.3, -0.25) is 4.57 Å². The van der Waals surface area contributed by atoms with E-state index in [1.807, 2.05) is 25.3 Å². The molecule has 5 heteroatoms. The Bertz CT molecular complexity index is 564. The van der Waals surface area contributed by atoms with E-state index in [0.717, 1.165) is 39.2 Å². The Balaban J connectivity index is 2.35. The number of aryl methyl sites for hydroxylation is 1. The number of unbranched alkanes of at least 4 members (excludes halogenated alkanes) is 1. The Kier molecular flexibility index (Phi) is 5.05. The molecule has 2 rings (SSSR count). The maximum atomic E-state index is 4.55. The van der Waals surface area contributed by atoms with Crippen LogP contribution in [0.5, 0.6) is 0 Å². The molecule has 2 aromatic rings. The Morgan fingerprint density at radius 2 is 2.11 bits per heavy atom. The molecule has 102 valence electrons. The second-order valence-electron chi connectivity index (χ2n) is 4.45. The number of benzene rings is 1. The van der Waals surface area contributed by atoms with E-state index in [1.165, 1.54) is 6.42 Å². The molecule has 0 saturated carbocycles. The van der Waals surface area contributed by atoms with E-state index in [-0.39, 0.29) is 0 Å². The van der Waals surface area contributed by atoms with E-state index in [4.69, 9.17) is 0 Å². The van der Waals surface area contributed by atoms with E-state index < -0.39 is 0 Å². The normalized spacial score (nSPS) is 10.7. The van der Waals surface area contributed by atoms with E-state index in [1.54, 1.807) is 0 Å². The minimum Gasteiger partial charge on any atom is -0.355 e. The number of hydrogen-bond acceptors (Lipinski definition) is 2. The Morgan fingerprint density at radius 1 is 1.32 bits per heavy atom. The molecule has 1 aromatic carbocycles. The number of rotatable bonds is 5. The first-order chi connectivity index (χ1) is 9.11. The van der Waals surface area contributed by atoms with E-state index >= 15 is 0 Å². The summed E-state index contributed by atoms with van der Waals surface area (Å²) in [6, 6.07) is 6.13. The molecular formula is C14H17Br2N3. The van der Waals surface area contributed by atoms with Gasteiger partial charge >= 0.3 is 0 Å². The van der Waals surface area contributed by atoms with Gasteiger partial charge in [-0.15, -0.1) is 0 Å². The van der Waals surface area contributed by atoms with Crippen LogP contribution < -0.4 is 5.32 Å². The first-order valence-electron chi connectivity index (χ1n) is 6.37. The van der Waals surface area contributed by atoms with Crippen LogP contribution in [0.2, 0.25) is 0 Å². The van der Waals surface area contributed by atoms with Gasteiger partial charge in [-0.2, -0.15) is 0 Å². The van der Waals surface area contributed by atoms with Crippen LogP contribution in [-0.2, 0) is 0 Å². The highest BCUT2D eigenvalue weighted by Gasteiger charge is 2.10. The summed E-state index contributed by atoms with van der Waals surface area (Å²) in [6.45, 7) is 5.14. The third kappa shape index (κ3) is 3.60. The van der Waals surface area contributed by atoms with Crippen LogP contribution in [0.1, 0.15) is 25.5 Å². The number of imidazole rings is 1. The van der Waals surface area contributed by atoms with Crippen molar-refractivity contribution in [2.45, 2.75) is 26.7 Å². The van der Waals surface area contributed by atoms with E-state index in [2.05, 4.69) is 59.7 Å². The van der Waals surface area contributed by atoms with Crippen molar-refractivity contribution in [3.8, 4) is 5.69 Å². The fraction of sp³-hybridized carbons (Fsp3) is 0.357. The summed E-state index contributed by atoms with van der Waals surface area (Å²) in [5, 5.41) is 3.40. The number of anilines is 1. The second kappa shape index (κ2) is 6.57. The number of hydrogen-bond donors (Lipinski definition) is 1. The lowest BCUT2D eigenvalue weighted by atomic mass is 10.3. The predicted molar refractivity (Wildman–Crippen MR) is 87.1 cm³/mol. The standard InChI is InChI=1S/C14H17Br2N3/c1-3-4-7-17-14-18-10(2)9-19(14)13-8-11(15)5-6-12(13)16/h5-6,8-9H,3-4,7H2,1-2H3,(H,17,18). The summed E-state index contributed by atoms with van der Waals surface area (Å²) in [7, 11) is 0. The largest absolute Gasteiger partial charge is 0.355 e. The van der Waals surface area contributed by atoms with Crippen LogP contribution in [0.15, 0.2) is 33.3 Å². The predicted octanol–water partition coefficient (Wildman–Crippen LogP) is 4.92. The molecule has 0 amide bonds. The summed E-state index contributed by atoms with van der Waals surface area (Å²) < 4.78 is 4.18. The molecule has 0 unspecified atom stereocenters. The van der Waals surface area contributed by atoms with Crippen molar-refractivity contribution in [2.24, 2.45) is 0 Å². The highest BCUT2D eigenvalue weighted by atomic mass is 79.9. The van der Waals surface area contributed by atoms with Crippen LogP contribution in [0.4, 0.5) is 5.95 Å². The zero-order chi connectivity index (χ0) is 13.8. The van der Waals surface area contributed by atoms with Gasteiger partial charge < -0.3 is 5.32 Å². The topological polar surface area (TPSA) is 29.9 Å². The van der Waals surface area contributed by atoms with Crippen LogP contribution >= 0.6 is 31.9 Å². The number of nitrogens with one attached hydrogen (secondary N) is 1. The molecule has 1 aromatic heterocycles. The zero-order valence-corrected chi connectivity index (χ0v) is 14.3. The monoisotopic (exact) mass is 385 g/mol. The third-order valence-corrected chi connectivity index (χ3v) is 3.97. The number of aromatic nitrogens is 2. The van der Waals surface area contributed by atoms with Gasteiger partial charge in [0.25, 0.3) is 0 Å². The average Bonchev–Trinajstić information content (AvgIpc) is 2.74. The molecule has 1 N–H and O–H groups in total. The van der Waals surface area contributed by atoms with Crippen LogP contribution in [0.25, 0.3) is 5.69 Å². The molecule has 0 aliphatic rings. The van der Waals surface area contributed by atoms with Crippen molar-refractivity contribution < 1.29 is 0 Å². The summed E-state index contributed by atoms with van der Waals surface area (Å²) in [4.78, 5) is 4.55. The molecule has 0 aliphatic carbocycles. The van der Waals surface area contributed by atoms with Crippen molar-refractivity contribution in [2.75, 3.05) is 11.9 Å². The van der Waals surface area contributed by atoms with Crippen molar-refractivity contribution in [3.63, 3.8) is 0 Å². The Labute approximate surface area is 130 Å². The summed E-state index contributed by atoms with van der Waals surface area (Å²) in [5.41, 5.74) is 2.08. The van der Waals surface area contributed by atoms with Crippen molar-refractivity contribution >= 4 is 37.8 Å². The molecule has 0 bridgehead atoms. The maximum absolute atomic E-state index is 4.55. The van der Waals surface area contributed by atoms with Gasteiger partial charge in [0, 0.05) is 21.7 Å². The molecule has 3 nitrogen and oxygen atoms in total. The maximum Gasteiger partial charge on any atom is 0.207 e. The molecule has 19 heavy (non-hydrogen) atoms. The van der Waals surface area contributed by atoms with Gasteiger partial charge in [0.05, 0.1) is 11.4 Å². The van der Waals surface area contributed by atoms with Gasteiger partial charge in [-0.1, -0.05) is 29.3 Å². The lowest BCUT2D eigenvalue weighted by molar-refractivity contribution is 0.822. The van der Waals surface area contributed by atoms with Crippen molar-refractivity contribution in [3.05, 3.63) is 39.0 Å². The molecule has 0 fully saturated rings. The SMILES string of the molecule is CCCCNc1nc(C)cn1-c1cc(Br)ccc1Br. The van der Waals surface area contributed by atoms with Gasteiger partial charge in [-0.25, -0.2) is 4.98 Å². The highest BCUT2D eigenvalue weighted by Crippen LogP contribution is 2.27. The molecule has 0 aliphatic heterocycles. The first kappa shape index (κ1) is 14.6. The van der Waals surface area contributed by atoms with Crippen LogP contribution in [0.3, 0.4) is 0 Å². The van der Waals surface area contributed by atoms with Gasteiger partial charge in [0.15, 0.2) is 0 Å². The molecule has 0 radical (unpaired) electrons. The molecule has 0 spiro atoms. The average molecular weight is 387 g/mol. The van der Waals surface area contributed by atoms with Crippen LogP contribution in [-0.4, -0.2) is 16.1 Å². The van der Waals surface area contributed by atoms with Gasteiger partial charge in [0.2, 0.25) is 5.95 Å². The van der Waals surface area contributed by atoms with Crippen LogP contribution in [0, 0.1) is 6.92 Å². The number of nitrogens with zero attached hydrogens (tertiary/aromatic N) is 2. The lowest BCUT2D eigenvalue weighted by Crippen LogP contribution is -2.07. The van der Waals surface area contributed by atoms with E-state index in [0.29, 0.717) is 0 Å².